The first-order valence-electron chi connectivity index (χ1n) is 12.1. The van der Waals surface area contributed by atoms with Crippen molar-refractivity contribution in [2.75, 3.05) is 24.5 Å². The van der Waals surface area contributed by atoms with Crippen LogP contribution in [0.5, 0.6) is 5.75 Å². The van der Waals surface area contributed by atoms with Gasteiger partial charge in [-0.2, -0.15) is 0 Å². The zero-order valence-corrected chi connectivity index (χ0v) is 23.4. The number of carbonyl (C=O) groups excluding carboxylic acids is 2. The molecule has 202 valence electrons. The first-order chi connectivity index (χ1) is 18.1. The summed E-state index contributed by atoms with van der Waals surface area (Å²) in [6, 6.07) is 19.0. The fourth-order valence-corrected chi connectivity index (χ4v) is 5.48. The molecular weight excluding hydrogens is 526 g/mol. The smallest absolute Gasteiger partial charge is 0.264 e. The van der Waals surface area contributed by atoms with E-state index in [2.05, 4.69) is 5.32 Å². The van der Waals surface area contributed by atoms with Crippen molar-refractivity contribution in [1.82, 2.24) is 10.2 Å². The van der Waals surface area contributed by atoms with E-state index in [0.29, 0.717) is 17.3 Å². The second-order valence-corrected chi connectivity index (χ2v) is 11.0. The van der Waals surface area contributed by atoms with Crippen LogP contribution in [0.1, 0.15) is 25.0 Å². The molecule has 8 nitrogen and oxygen atoms in total. The summed E-state index contributed by atoms with van der Waals surface area (Å²) >= 11 is 6.02. The van der Waals surface area contributed by atoms with E-state index in [4.69, 9.17) is 16.3 Å². The highest BCUT2D eigenvalue weighted by Gasteiger charge is 2.33. The number of nitrogens with one attached hydrogen (secondary N) is 1. The second-order valence-electron chi connectivity index (χ2n) is 8.72. The quantitative estimate of drug-likeness (QED) is 0.377. The minimum Gasteiger partial charge on any atom is -0.495 e. The largest absolute Gasteiger partial charge is 0.495 e. The van der Waals surface area contributed by atoms with E-state index in [9.17, 15) is 18.0 Å². The summed E-state index contributed by atoms with van der Waals surface area (Å²) in [5.74, 6) is -0.605. The van der Waals surface area contributed by atoms with E-state index in [1.54, 1.807) is 74.5 Å². The number of ether oxygens (including phenoxy) is 1. The minimum atomic E-state index is -4.18. The van der Waals surface area contributed by atoms with Crippen LogP contribution in [0, 0.1) is 6.92 Å². The van der Waals surface area contributed by atoms with E-state index in [-0.39, 0.29) is 23.0 Å². The molecule has 3 aromatic carbocycles. The molecule has 0 aliphatic heterocycles. The van der Waals surface area contributed by atoms with Crippen molar-refractivity contribution in [2.24, 2.45) is 0 Å². The highest BCUT2D eigenvalue weighted by Crippen LogP contribution is 2.33. The first kappa shape index (κ1) is 29.0. The summed E-state index contributed by atoms with van der Waals surface area (Å²) in [5, 5.41) is 3.27. The molecule has 0 unspecified atom stereocenters. The number of amides is 2. The fourth-order valence-electron chi connectivity index (χ4n) is 3.92. The van der Waals surface area contributed by atoms with Crippen LogP contribution in [0.15, 0.2) is 77.7 Å². The van der Waals surface area contributed by atoms with Crippen molar-refractivity contribution in [3.63, 3.8) is 0 Å². The van der Waals surface area contributed by atoms with Gasteiger partial charge in [-0.3, -0.25) is 13.9 Å². The number of hydrogen-bond donors (Lipinski definition) is 1. The number of rotatable bonds is 11. The van der Waals surface area contributed by atoms with Gasteiger partial charge in [-0.25, -0.2) is 8.42 Å². The third-order valence-corrected chi connectivity index (χ3v) is 8.02. The molecule has 0 radical (unpaired) electrons. The number of aryl methyl sites for hydroxylation is 1. The lowest BCUT2D eigenvalue weighted by atomic mass is 10.1. The van der Waals surface area contributed by atoms with Crippen LogP contribution in [-0.2, 0) is 26.2 Å². The molecule has 1 atom stereocenters. The lowest BCUT2D eigenvalue weighted by molar-refractivity contribution is -0.139. The third kappa shape index (κ3) is 6.85. The summed E-state index contributed by atoms with van der Waals surface area (Å²) in [5.41, 5.74) is 1.75. The highest BCUT2D eigenvalue weighted by atomic mass is 35.5. The Bertz CT molecular complexity index is 1360. The van der Waals surface area contributed by atoms with Gasteiger partial charge in [0.2, 0.25) is 11.8 Å². The molecule has 3 rings (SSSR count). The average molecular weight is 558 g/mol. The number of anilines is 1. The number of hydrogen-bond acceptors (Lipinski definition) is 5. The number of nitrogens with zero attached hydrogens (tertiary/aromatic N) is 2. The highest BCUT2D eigenvalue weighted by molar-refractivity contribution is 7.92. The molecule has 3 aromatic rings. The van der Waals surface area contributed by atoms with Crippen LogP contribution in [-0.4, -0.2) is 51.4 Å². The van der Waals surface area contributed by atoms with E-state index in [1.165, 1.54) is 24.1 Å². The summed E-state index contributed by atoms with van der Waals surface area (Å²) in [6.45, 7) is 5.15. The molecule has 0 heterocycles. The SMILES string of the molecule is CCNC(=O)[C@@H](C)N(Cc1ccc(Cl)cc1)C(=O)CN(c1cc(C)ccc1OC)S(=O)(=O)c1ccccc1. The summed E-state index contributed by atoms with van der Waals surface area (Å²) in [7, 11) is -2.74. The van der Waals surface area contributed by atoms with Gasteiger partial charge in [-0.1, -0.05) is 48.0 Å². The second kappa shape index (κ2) is 12.8. The lowest BCUT2D eigenvalue weighted by Crippen LogP contribution is -2.51. The average Bonchev–Trinajstić information content (AvgIpc) is 2.91. The number of halogens is 1. The van der Waals surface area contributed by atoms with Crippen molar-refractivity contribution in [1.29, 1.82) is 0 Å². The normalized spacial score (nSPS) is 11.9. The van der Waals surface area contributed by atoms with Crippen LogP contribution in [0.4, 0.5) is 5.69 Å². The van der Waals surface area contributed by atoms with Gasteiger partial charge in [0.25, 0.3) is 10.0 Å². The number of carbonyl (C=O) groups is 2. The molecule has 0 aliphatic carbocycles. The molecule has 1 N–H and O–H groups in total. The third-order valence-electron chi connectivity index (χ3n) is 6.00. The molecule has 0 fully saturated rings. The van der Waals surface area contributed by atoms with Gasteiger partial charge >= 0.3 is 0 Å². The zero-order valence-electron chi connectivity index (χ0n) is 21.8. The molecule has 0 aromatic heterocycles. The van der Waals surface area contributed by atoms with E-state index >= 15 is 0 Å². The maximum atomic E-state index is 13.9. The van der Waals surface area contributed by atoms with Crippen LogP contribution < -0.4 is 14.4 Å². The Morgan fingerprint density at radius 2 is 1.68 bits per heavy atom. The maximum absolute atomic E-state index is 13.9. The topological polar surface area (TPSA) is 96.0 Å². The summed E-state index contributed by atoms with van der Waals surface area (Å²) < 4.78 is 34.3. The van der Waals surface area contributed by atoms with Crippen molar-refractivity contribution in [3.8, 4) is 5.75 Å². The number of sulfonamides is 1. The van der Waals surface area contributed by atoms with Crippen LogP contribution >= 0.6 is 11.6 Å². The number of likely N-dealkylation sites (N-methyl/N-ethyl adjacent to an activating group) is 1. The molecular formula is C28H32ClN3O5S. The molecule has 10 heteroatoms. The van der Waals surface area contributed by atoms with Crippen molar-refractivity contribution in [2.45, 2.75) is 38.3 Å². The predicted molar refractivity (Wildman–Crippen MR) is 149 cm³/mol. The monoisotopic (exact) mass is 557 g/mol. The molecule has 0 spiro atoms. The van der Waals surface area contributed by atoms with E-state index in [0.717, 1.165) is 15.4 Å². The van der Waals surface area contributed by atoms with Crippen LogP contribution in [0.2, 0.25) is 5.02 Å². The fraction of sp³-hybridized carbons (Fsp3) is 0.286. The molecule has 0 aliphatic rings. The van der Waals surface area contributed by atoms with Crippen LogP contribution in [0.3, 0.4) is 0 Å². The summed E-state index contributed by atoms with van der Waals surface area (Å²) in [6.07, 6.45) is 0. The Morgan fingerprint density at radius 1 is 1.03 bits per heavy atom. The lowest BCUT2D eigenvalue weighted by Gasteiger charge is -2.32. The van der Waals surface area contributed by atoms with Gasteiger partial charge in [0.15, 0.2) is 0 Å². The Balaban J connectivity index is 2.08. The Kier molecular flexibility index (Phi) is 9.77. The van der Waals surface area contributed by atoms with Gasteiger partial charge in [0.05, 0.1) is 17.7 Å². The number of methoxy groups -OCH3 is 1. The van der Waals surface area contributed by atoms with Gasteiger partial charge in [-0.05, 0) is 68.3 Å². The maximum Gasteiger partial charge on any atom is 0.264 e. The van der Waals surface area contributed by atoms with Gasteiger partial charge < -0.3 is 15.0 Å². The molecule has 0 bridgehead atoms. The first-order valence-corrected chi connectivity index (χ1v) is 13.9. The molecule has 38 heavy (non-hydrogen) atoms. The Morgan fingerprint density at radius 3 is 2.29 bits per heavy atom. The minimum absolute atomic E-state index is 0.0254. The molecule has 2 amide bonds. The Hall–Kier alpha value is -3.56. The van der Waals surface area contributed by atoms with Crippen molar-refractivity contribution >= 4 is 39.1 Å². The summed E-state index contributed by atoms with van der Waals surface area (Å²) in [4.78, 5) is 28.0. The standard InChI is InChI=1S/C28H32ClN3O5S/c1-5-30-28(34)21(3)31(18-22-12-14-23(29)15-13-22)27(33)19-32(25-17-20(2)11-16-26(25)37-4)38(35,36)24-9-7-6-8-10-24/h6-17,21H,5,18-19H2,1-4H3,(H,30,34)/t21-/m1/s1. The Labute approximate surface area is 229 Å². The molecule has 0 saturated heterocycles. The molecule has 0 saturated carbocycles. The number of benzene rings is 3. The zero-order chi connectivity index (χ0) is 27.9. The van der Waals surface area contributed by atoms with E-state index < -0.39 is 28.5 Å². The van der Waals surface area contributed by atoms with Gasteiger partial charge in [0.1, 0.15) is 18.3 Å². The van der Waals surface area contributed by atoms with Crippen molar-refractivity contribution < 1.29 is 22.7 Å². The van der Waals surface area contributed by atoms with Crippen LogP contribution in [0.25, 0.3) is 0 Å². The van der Waals surface area contributed by atoms with E-state index in [1.807, 2.05) is 6.92 Å². The predicted octanol–water partition coefficient (Wildman–Crippen LogP) is 4.41. The van der Waals surface area contributed by atoms with Gasteiger partial charge in [0, 0.05) is 18.1 Å². The van der Waals surface area contributed by atoms with Crippen molar-refractivity contribution in [3.05, 3.63) is 88.9 Å². The van der Waals surface area contributed by atoms with Gasteiger partial charge in [-0.15, -0.1) is 0 Å².